The number of hydrogen-bond acceptors (Lipinski definition) is 4. The van der Waals surface area contributed by atoms with Crippen LogP contribution < -0.4 is 14.4 Å². The van der Waals surface area contributed by atoms with Gasteiger partial charge in [0, 0.05) is 17.8 Å². The zero-order chi connectivity index (χ0) is 26.2. The number of carbonyl (C=O) groups excluding carboxylic acids is 2. The summed E-state index contributed by atoms with van der Waals surface area (Å²) < 4.78 is 12.8. The van der Waals surface area contributed by atoms with Crippen molar-refractivity contribution in [3.63, 3.8) is 0 Å². The second-order valence-electron chi connectivity index (χ2n) is 9.63. The van der Waals surface area contributed by atoms with Gasteiger partial charge >= 0.3 is 0 Å². The van der Waals surface area contributed by atoms with Crippen molar-refractivity contribution in [1.29, 1.82) is 0 Å². The molecule has 1 unspecified atom stereocenters. The van der Waals surface area contributed by atoms with Crippen LogP contribution in [0.15, 0.2) is 91.1 Å². The average molecular weight is 508 g/mol. The van der Waals surface area contributed by atoms with Crippen molar-refractivity contribution in [3.8, 4) is 17.2 Å². The molecule has 3 aromatic carbocycles. The van der Waals surface area contributed by atoms with Gasteiger partial charge in [-0.1, -0.05) is 30.3 Å². The van der Waals surface area contributed by atoms with E-state index in [0.717, 1.165) is 41.2 Å². The number of fused-ring (bicyclic) bond motifs is 3. The molecule has 1 saturated carbocycles. The fourth-order valence-electron chi connectivity index (χ4n) is 5.26. The van der Waals surface area contributed by atoms with Crippen LogP contribution in [0.3, 0.4) is 0 Å². The van der Waals surface area contributed by atoms with Crippen LogP contribution >= 0.6 is 0 Å². The van der Waals surface area contributed by atoms with E-state index in [1.54, 1.807) is 37.3 Å². The van der Waals surface area contributed by atoms with Crippen LogP contribution in [-0.4, -0.2) is 48.1 Å². The zero-order valence-electron chi connectivity index (χ0n) is 21.4. The van der Waals surface area contributed by atoms with Crippen LogP contribution in [0.1, 0.15) is 40.5 Å². The quantitative estimate of drug-likeness (QED) is 0.343. The highest BCUT2D eigenvalue weighted by atomic mass is 16.5. The molecular formula is C31H29N3O4. The van der Waals surface area contributed by atoms with Crippen molar-refractivity contribution in [2.75, 3.05) is 25.7 Å². The molecule has 1 aliphatic carbocycles. The zero-order valence-corrected chi connectivity index (χ0v) is 21.4. The molecule has 0 radical (unpaired) electrons. The predicted molar refractivity (Wildman–Crippen MR) is 145 cm³/mol. The SMILES string of the molecule is COc1ccc(C2c3cccn3-c3ccccc3N2C(=O)CN(C(=O)c2cccc(OC)c2)C2CC2)cc1. The molecule has 6 rings (SSSR count). The van der Waals surface area contributed by atoms with E-state index in [2.05, 4.69) is 4.57 Å². The van der Waals surface area contributed by atoms with Crippen LogP contribution in [0, 0.1) is 0 Å². The molecule has 7 heteroatoms. The highest BCUT2D eigenvalue weighted by molar-refractivity contribution is 6.03. The third kappa shape index (κ3) is 4.20. The van der Waals surface area contributed by atoms with Gasteiger partial charge in [-0.3, -0.25) is 14.5 Å². The molecule has 38 heavy (non-hydrogen) atoms. The highest BCUT2D eigenvalue weighted by Crippen LogP contribution is 2.43. The molecule has 1 fully saturated rings. The number of amides is 2. The van der Waals surface area contributed by atoms with Crippen molar-refractivity contribution in [1.82, 2.24) is 9.47 Å². The summed E-state index contributed by atoms with van der Waals surface area (Å²) in [6.45, 7) is -0.0115. The standard InChI is InChI=1S/C31H29N3O4/c1-37-24-16-12-21(13-17-24)30-28-11-6-18-32(28)26-9-3-4-10-27(26)34(30)29(35)20-33(23-14-15-23)31(36)22-7-5-8-25(19-22)38-2/h3-13,16-19,23,30H,14-15,20H2,1-2H3. The summed E-state index contributed by atoms with van der Waals surface area (Å²) in [6.07, 6.45) is 3.81. The number of methoxy groups -OCH3 is 2. The van der Waals surface area contributed by atoms with Gasteiger partial charge in [-0.05, 0) is 73.0 Å². The summed E-state index contributed by atoms with van der Waals surface area (Å²) >= 11 is 0. The summed E-state index contributed by atoms with van der Waals surface area (Å²) in [6, 6.07) is 26.6. The number of para-hydroxylation sites is 2. The van der Waals surface area contributed by atoms with Gasteiger partial charge in [0.25, 0.3) is 5.91 Å². The fourth-order valence-corrected chi connectivity index (χ4v) is 5.26. The maximum absolute atomic E-state index is 14.3. The van der Waals surface area contributed by atoms with Crippen molar-refractivity contribution in [2.45, 2.75) is 24.9 Å². The lowest BCUT2D eigenvalue weighted by atomic mass is 9.97. The van der Waals surface area contributed by atoms with Crippen LogP contribution in [0.2, 0.25) is 0 Å². The van der Waals surface area contributed by atoms with Crippen molar-refractivity contribution < 1.29 is 19.1 Å². The van der Waals surface area contributed by atoms with E-state index in [0.29, 0.717) is 11.3 Å². The third-order valence-electron chi connectivity index (χ3n) is 7.29. The van der Waals surface area contributed by atoms with E-state index in [1.807, 2.05) is 77.8 Å². The van der Waals surface area contributed by atoms with Gasteiger partial charge in [0.15, 0.2) is 0 Å². The minimum absolute atomic E-state index is 0.0115. The van der Waals surface area contributed by atoms with Crippen molar-refractivity contribution >= 4 is 17.5 Å². The molecule has 0 saturated heterocycles. The molecule has 2 amide bonds. The maximum Gasteiger partial charge on any atom is 0.254 e. The molecule has 192 valence electrons. The number of hydrogen-bond donors (Lipinski definition) is 0. The summed E-state index contributed by atoms with van der Waals surface area (Å²) in [5, 5.41) is 0. The molecule has 0 spiro atoms. The monoisotopic (exact) mass is 507 g/mol. The highest BCUT2D eigenvalue weighted by Gasteiger charge is 2.40. The predicted octanol–water partition coefficient (Wildman–Crippen LogP) is 5.24. The first-order valence-corrected chi connectivity index (χ1v) is 12.8. The lowest BCUT2D eigenvalue weighted by Gasteiger charge is -2.39. The second-order valence-corrected chi connectivity index (χ2v) is 9.63. The number of carbonyl (C=O) groups is 2. The Kier molecular flexibility index (Phi) is 6.12. The Balaban J connectivity index is 1.39. The Bertz CT molecular complexity index is 1490. The van der Waals surface area contributed by atoms with E-state index in [4.69, 9.17) is 9.47 Å². The van der Waals surface area contributed by atoms with Crippen LogP contribution in [0.4, 0.5) is 5.69 Å². The smallest absolute Gasteiger partial charge is 0.254 e. The Hall–Kier alpha value is -4.52. The summed E-state index contributed by atoms with van der Waals surface area (Å²) in [7, 11) is 3.22. The largest absolute Gasteiger partial charge is 0.497 e. The Morgan fingerprint density at radius 3 is 2.29 bits per heavy atom. The van der Waals surface area contributed by atoms with Crippen molar-refractivity contribution in [3.05, 3.63) is 108 Å². The molecule has 0 bridgehead atoms. The van der Waals surface area contributed by atoms with Gasteiger partial charge < -0.3 is 18.9 Å². The van der Waals surface area contributed by atoms with E-state index < -0.39 is 0 Å². The molecule has 7 nitrogen and oxygen atoms in total. The molecule has 2 aliphatic rings. The van der Waals surface area contributed by atoms with E-state index in [9.17, 15) is 9.59 Å². The Morgan fingerprint density at radius 1 is 0.842 bits per heavy atom. The molecule has 4 aromatic rings. The minimum Gasteiger partial charge on any atom is -0.497 e. The lowest BCUT2D eigenvalue weighted by Crippen LogP contribution is -2.47. The van der Waals surface area contributed by atoms with Crippen molar-refractivity contribution in [2.24, 2.45) is 0 Å². The topological polar surface area (TPSA) is 64.0 Å². The second kappa shape index (κ2) is 9.74. The molecule has 2 heterocycles. The summed E-state index contributed by atoms with van der Waals surface area (Å²) in [4.78, 5) is 31.5. The Labute approximate surface area is 221 Å². The third-order valence-corrected chi connectivity index (χ3v) is 7.29. The van der Waals surface area contributed by atoms with Crippen LogP contribution in [0.5, 0.6) is 11.5 Å². The first kappa shape index (κ1) is 23.9. The van der Waals surface area contributed by atoms with E-state index >= 15 is 0 Å². The molecule has 0 N–H and O–H groups in total. The fraction of sp³-hybridized carbons (Fsp3) is 0.226. The summed E-state index contributed by atoms with van der Waals surface area (Å²) in [5.74, 6) is 1.08. The van der Waals surface area contributed by atoms with Gasteiger partial charge in [0.05, 0.1) is 31.3 Å². The normalized spacial score (nSPS) is 15.8. The molecular weight excluding hydrogens is 478 g/mol. The van der Waals surface area contributed by atoms with E-state index in [1.165, 1.54) is 0 Å². The van der Waals surface area contributed by atoms with Gasteiger partial charge in [-0.15, -0.1) is 0 Å². The van der Waals surface area contributed by atoms with Crippen LogP contribution in [-0.2, 0) is 4.79 Å². The number of nitrogens with zero attached hydrogens (tertiary/aromatic N) is 3. The number of anilines is 1. The number of rotatable bonds is 7. The van der Waals surface area contributed by atoms with E-state index in [-0.39, 0.29) is 30.4 Å². The van der Waals surface area contributed by atoms with Gasteiger partial charge in [0.2, 0.25) is 5.91 Å². The van der Waals surface area contributed by atoms with Crippen LogP contribution in [0.25, 0.3) is 5.69 Å². The number of ether oxygens (including phenoxy) is 2. The number of aromatic nitrogens is 1. The summed E-state index contributed by atoms with van der Waals surface area (Å²) in [5.41, 5.74) is 4.21. The minimum atomic E-state index is -0.355. The van der Waals surface area contributed by atoms with Gasteiger partial charge in [0.1, 0.15) is 24.1 Å². The first-order chi connectivity index (χ1) is 18.6. The molecule has 1 atom stereocenters. The van der Waals surface area contributed by atoms with Gasteiger partial charge in [-0.2, -0.15) is 0 Å². The average Bonchev–Trinajstić information content (AvgIpc) is 3.69. The molecule has 1 aromatic heterocycles. The maximum atomic E-state index is 14.3. The number of benzene rings is 3. The molecule has 1 aliphatic heterocycles. The lowest BCUT2D eigenvalue weighted by molar-refractivity contribution is -0.119. The van der Waals surface area contributed by atoms with Gasteiger partial charge in [-0.25, -0.2) is 0 Å². The Morgan fingerprint density at radius 2 is 1.58 bits per heavy atom. The first-order valence-electron chi connectivity index (χ1n) is 12.8.